The summed E-state index contributed by atoms with van der Waals surface area (Å²) in [5.74, 6) is -0.837. The molecule has 3 aliphatic heterocycles. The molecule has 0 saturated carbocycles. The lowest BCUT2D eigenvalue weighted by Gasteiger charge is -2.48. The molecule has 7 nitrogen and oxygen atoms in total. The summed E-state index contributed by atoms with van der Waals surface area (Å²) in [4.78, 5) is 22.1. The fourth-order valence-electron chi connectivity index (χ4n) is 7.61. The van der Waals surface area contributed by atoms with E-state index in [1.54, 1.807) is 17.5 Å². The summed E-state index contributed by atoms with van der Waals surface area (Å²) >= 11 is 1.23. The second-order valence-electron chi connectivity index (χ2n) is 13.4. The highest BCUT2D eigenvalue weighted by molar-refractivity contribution is 7.93. The number of piperazine rings is 1. The molecule has 0 aliphatic carbocycles. The Morgan fingerprint density at radius 3 is 2.02 bits per heavy atom. The molecule has 3 aromatic rings. The Bertz CT molecular complexity index is 1680. The Morgan fingerprint density at radius 1 is 0.780 bits per heavy atom. The van der Waals surface area contributed by atoms with Gasteiger partial charge in [0.05, 0.1) is 11.1 Å². The molecular weight excluding hydrogens is 703 g/mol. The molecule has 0 spiro atoms. The molecule has 0 radical (unpaired) electrons. The van der Waals surface area contributed by atoms with E-state index in [-0.39, 0.29) is 30.6 Å². The Kier molecular flexibility index (Phi) is 11.0. The normalized spacial score (nSPS) is 23.6. The lowest BCUT2D eigenvalue weighted by atomic mass is 9.90. The van der Waals surface area contributed by atoms with Gasteiger partial charge in [-0.2, -0.15) is 26.3 Å². The van der Waals surface area contributed by atoms with E-state index < -0.39 is 50.8 Å². The molecule has 1 amide bonds. The molecule has 0 bridgehead atoms. The molecule has 0 N–H and O–H groups in total. The Morgan fingerprint density at radius 2 is 1.42 bits per heavy atom. The van der Waals surface area contributed by atoms with Gasteiger partial charge in [0.1, 0.15) is 10.1 Å². The van der Waals surface area contributed by atoms with Gasteiger partial charge in [-0.15, -0.1) is 11.3 Å². The van der Waals surface area contributed by atoms with Gasteiger partial charge in [0, 0.05) is 63.0 Å². The van der Waals surface area contributed by atoms with Crippen molar-refractivity contribution in [3.63, 3.8) is 0 Å². The third-order valence-corrected chi connectivity index (χ3v) is 13.3. The number of thiophene rings is 1. The van der Waals surface area contributed by atoms with E-state index >= 15 is 0 Å². The number of benzene rings is 2. The van der Waals surface area contributed by atoms with Crippen molar-refractivity contribution in [3.05, 3.63) is 88.3 Å². The van der Waals surface area contributed by atoms with E-state index in [1.807, 2.05) is 35.2 Å². The summed E-state index contributed by atoms with van der Waals surface area (Å²) in [6, 6.07) is 13.7. The van der Waals surface area contributed by atoms with Crippen molar-refractivity contribution in [2.75, 3.05) is 51.7 Å². The number of carbonyl (C=O) groups is 1. The summed E-state index contributed by atoms with van der Waals surface area (Å²) in [5.41, 5.74) is -2.72. The third-order valence-electron chi connectivity index (χ3n) is 10.1. The maximum atomic E-state index is 13.8. The van der Waals surface area contributed by atoms with E-state index in [2.05, 4.69) is 9.80 Å². The molecule has 3 fully saturated rings. The molecule has 3 atom stereocenters. The predicted molar refractivity (Wildman–Crippen MR) is 179 cm³/mol. The number of hydrogen-bond acceptors (Lipinski definition) is 7. The minimum atomic E-state index is -5.05. The van der Waals surface area contributed by atoms with Gasteiger partial charge in [-0.25, -0.2) is 8.42 Å². The average molecular weight is 743 g/mol. The van der Waals surface area contributed by atoms with Gasteiger partial charge < -0.3 is 4.90 Å². The number of halogens is 6. The van der Waals surface area contributed by atoms with E-state index in [0.29, 0.717) is 42.1 Å². The van der Waals surface area contributed by atoms with Gasteiger partial charge in [-0.1, -0.05) is 36.4 Å². The van der Waals surface area contributed by atoms with Crippen molar-refractivity contribution < 1.29 is 39.6 Å². The number of likely N-dealkylation sites (tertiary alicyclic amines) is 2. The predicted octanol–water partition coefficient (Wildman–Crippen LogP) is 6.52. The van der Waals surface area contributed by atoms with Crippen LogP contribution in [0.4, 0.5) is 26.3 Å². The number of piperidine rings is 2. The monoisotopic (exact) mass is 742 g/mol. The molecule has 272 valence electrons. The minimum Gasteiger partial charge on any atom is -0.335 e. The number of amides is 1. The molecule has 3 saturated heterocycles. The molecular formula is C35H40F6N4O3S2. The highest BCUT2D eigenvalue weighted by Gasteiger charge is 2.41. The summed E-state index contributed by atoms with van der Waals surface area (Å²) < 4.78 is 108. The van der Waals surface area contributed by atoms with Crippen molar-refractivity contribution in [1.82, 2.24) is 19.6 Å². The largest absolute Gasteiger partial charge is 0.416 e. The number of hydrogen-bond donors (Lipinski definition) is 0. The van der Waals surface area contributed by atoms with Crippen LogP contribution in [0.15, 0.2) is 70.3 Å². The fraction of sp³-hybridized carbons (Fsp3) is 0.514. The van der Waals surface area contributed by atoms with Gasteiger partial charge in [-0.3, -0.25) is 19.5 Å². The number of rotatable bonds is 8. The molecule has 2 aromatic carbocycles. The van der Waals surface area contributed by atoms with Gasteiger partial charge in [-0.05, 0) is 73.9 Å². The molecule has 3 unspecified atom stereocenters. The number of carbonyl (C=O) groups excluding carboxylic acids is 1. The van der Waals surface area contributed by atoms with Crippen molar-refractivity contribution >= 4 is 27.1 Å². The molecule has 1 aromatic heterocycles. The van der Waals surface area contributed by atoms with Gasteiger partial charge in [0.25, 0.3) is 5.91 Å². The van der Waals surface area contributed by atoms with Crippen LogP contribution in [-0.2, 0) is 28.6 Å². The fourth-order valence-corrected chi connectivity index (χ4v) is 10.1. The average Bonchev–Trinajstić information content (AvgIpc) is 3.64. The zero-order valence-corrected chi connectivity index (χ0v) is 29.0. The van der Waals surface area contributed by atoms with E-state index in [0.717, 1.165) is 51.1 Å². The Hall–Kier alpha value is -2.98. The smallest absolute Gasteiger partial charge is 0.335 e. The van der Waals surface area contributed by atoms with Crippen molar-refractivity contribution in [3.8, 4) is 0 Å². The standard InChI is InChI=1S/C35H40F6N4O3S2/c36-34(37,38)27-19-26(20-28(21-27)35(39,40)41)33(46)45-12-10-29(22-31(45)18-25-6-2-1-3-7-25)43-13-15-44(16-14-43)30-8-4-11-42(23-30)24-50(47,48)32-9-5-17-49-32/h1-3,5-7,9,17,19-21,29-31H,4,8,10-16,18,22-24H2. The summed E-state index contributed by atoms with van der Waals surface area (Å²) in [6.07, 6.45) is -6.71. The van der Waals surface area contributed by atoms with Crippen molar-refractivity contribution in [1.29, 1.82) is 0 Å². The lowest BCUT2D eigenvalue weighted by molar-refractivity contribution is -0.143. The first-order valence-electron chi connectivity index (χ1n) is 16.8. The molecule has 15 heteroatoms. The summed E-state index contributed by atoms with van der Waals surface area (Å²) in [6.45, 7) is 4.74. The van der Waals surface area contributed by atoms with Crippen molar-refractivity contribution in [2.24, 2.45) is 0 Å². The van der Waals surface area contributed by atoms with Crippen LogP contribution in [0.3, 0.4) is 0 Å². The van der Waals surface area contributed by atoms with Crippen LogP contribution in [0.5, 0.6) is 0 Å². The number of alkyl halides is 6. The van der Waals surface area contributed by atoms with E-state index in [1.165, 1.54) is 16.2 Å². The molecule has 50 heavy (non-hydrogen) atoms. The van der Waals surface area contributed by atoms with Gasteiger partial charge in [0.2, 0.25) is 9.84 Å². The van der Waals surface area contributed by atoms with Crippen LogP contribution < -0.4 is 0 Å². The topological polar surface area (TPSA) is 64.2 Å². The van der Waals surface area contributed by atoms with Gasteiger partial charge in [0.15, 0.2) is 0 Å². The third kappa shape index (κ3) is 8.72. The lowest BCUT2D eigenvalue weighted by Crippen LogP contribution is -2.59. The Balaban J connectivity index is 1.12. The summed E-state index contributed by atoms with van der Waals surface area (Å²) in [5, 5.41) is 1.76. The Labute approximate surface area is 292 Å². The maximum absolute atomic E-state index is 13.8. The highest BCUT2D eigenvalue weighted by Crippen LogP contribution is 2.37. The number of sulfone groups is 1. The van der Waals surface area contributed by atoms with Crippen LogP contribution >= 0.6 is 11.3 Å². The second-order valence-corrected chi connectivity index (χ2v) is 16.6. The first-order valence-corrected chi connectivity index (χ1v) is 19.3. The van der Waals surface area contributed by atoms with Crippen LogP contribution in [0.1, 0.15) is 52.7 Å². The van der Waals surface area contributed by atoms with Crippen LogP contribution in [0.25, 0.3) is 0 Å². The zero-order valence-electron chi connectivity index (χ0n) is 27.4. The SMILES string of the molecule is O=C(c1cc(C(F)(F)F)cc(C(F)(F)F)c1)N1CCC(N2CCN(C3CCCN(CS(=O)(=O)c4cccs4)C3)CC2)CC1Cc1ccccc1. The zero-order chi connectivity index (χ0) is 35.7. The quantitative estimate of drug-likeness (QED) is 0.245. The molecule has 6 rings (SSSR count). The van der Waals surface area contributed by atoms with Crippen molar-refractivity contribution in [2.45, 2.75) is 66.8 Å². The minimum absolute atomic E-state index is 0.00208. The molecule has 3 aliphatic rings. The van der Waals surface area contributed by atoms with Crippen LogP contribution in [-0.4, -0.2) is 104 Å². The summed E-state index contributed by atoms with van der Waals surface area (Å²) in [7, 11) is -3.38. The first-order chi connectivity index (χ1) is 23.7. The van der Waals surface area contributed by atoms with Gasteiger partial charge >= 0.3 is 12.4 Å². The van der Waals surface area contributed by atoms with E-state index in [9.17, 15) is 39.6 Å². The highest BCUT2D eigenvalue weighted by atomic mass is 32.2. The maximum Gasteiger partial charge on any atom is 0.416 e. The molecule has 4 heterocycles. The van der Waals surface area contributed by atoms with Crippen LogP contribution in [0, 0.1) is 0 Å². The van der Waals surface area contributed by atoms with E-state index in [4.69, 9.17) is 0 Å². The second kappa shape index (κ2) is 14.9. The number of nitrogens with zero attached hydrogens (tertiary/aromatic N) is 4. The first kappa shape index (κ1) is 36.8. The van der Waals surface area contributed by atoms with Crippen LogP contribution in [0.2, 0.25) is 0 Å².